The molecule has 0 saturated carbocycles. The van der Waals surface area contributed by atoms with Gasteiger partial charge in [0.05, 0.1) is 7.11 Å². The quantitative estimate of drug-likeness (QED) is 0.819. The van der Waals surface area contributed by atoms with Gasteiger partial charge in [0.1, 0.15) is 5.75 Å². The Morgan fingerprint density at radius 2 is 2.05 bits per heavy atom. The maximum absolute atomic E-state index is 5.51. The molecule has 0 amide bonds. The molecule has 1 aromatic heterocycles. The highest BCUT2D eigenvalue weighted by Crippen LogP contribution is 2.32. The summed E-state index contributed by atoms with van der Waals surface area (Å²) in [6, 6.07) is 2.78. The highest BCUT2D eigenvalue weighted by molar-refractivity contribution is 5.40. The topological polar surface area (TPSA) is 25.4 Å². The first kappa shape index (κ1) is 14.3. The number of aromatic nitrogens is 1. The third kappa shape index (κ3) is 2.92. The molecule has 19 heavy (non-hydrogen) atoms. The SMILES string of the molecule is CC.COc1cc(C)nc2c1CC(N1CCC1)CC2. The largest absolute Gasteiger partial charge is 0.496 e. The van der Waals surface area contributed by atoms with Gasteiger partial charge in [-0.05, 0) is 45.7 Å². The first-order valence-corrected chi connectivity index (χ1v) is 7.55. The molecule has 0 N–H and O–H groups in total. The van der Waals surface area contributed by atoms with E-state index in [2.05, 4.69) is 16.0 Å². The molecule has 0 bridgehead atoms. The van der Waals surface area contributed by atoms with Crippen molar-refractivity contribution in [3.05, 3.63) is 23.0 Å². The first-order chi connectivity index (χ1) is 9.28. The van der Waals surface area contributed by atoms with Gasteiger partial charge in [-0.25, -0.2) is 0 Å². The molecule has 0 aromatic carbocycles. The Bertz CT molecular complexity index is 410. The number of hydrogen-bond donors (Lipinski definition) is 0. The van der Waals surface area contributed by atoms with Crippen LogP contribution in [0.3, 0.4) is 0 Å². The Morgan fingerprint density at radius 3 is 2.63 bits per heavy atom. The summed E-state index contributed by atoms with van der Waals surface area (Å²) in [5, 5.41) is 0. The van der Waals surface area contributed by atoms with Gasteiger partial charge in [-0.15, -0.1) is 0 Å². The number of pyridine rings is 1. The van der Waals surface area contributed by atoms with Crippen molar-refractivity contribution in [3.63, 3.8) is 0 Å². The fourth-order valence-electron chi connectivity index (χ4n) is 3.00. The fourth-order valence-corrected chi connectivity index (χ4v) is 3.00. The van der Waals surface area contributed by atoms with Crippen LogP contribution in [0.25, 0.3) is 0 Å². The number of likely N-dealkylation sites (tertiary alicyclic amines) is 1. The molecule has 1 fully saturated rings. The molecule has 1 aliphatic carbocycles. The van der Waals surface area contributed by atoms with Gasteiger partial charge in [0.2, 0.25) is 0 Å². The lowest BCUT2D eigenvalue weighted by Gasteiger charge is -2.40. The molecule has 2 aliphatic rings. The van der Waals surface area contributed by atoms with Gasteiger partial charge in [-0.3, -0.25) is 9.88 Å². The molecule has 0 radical (unpaired) electrons. The summed E-state index contributed by atoms with van der Waals surface area (Å²) >= 11 is 0. The summed E-state index contributed by atoms with van der Waals surface area (Å²) in [7, 11) is 1.77. The van der Waals surface area contributed by atoms with Gasteiger partial charge in [0, 0.05) is 29.1 Å². The summed E-state index contributed by atoms with van der Waals surface area (Å²) in [4.78, 5) is 7.26. The zero-order valence-electron chi connectivity index (χ0n) is 12.7. The number of methoxy groups -OCH3 is 1. The summed E-state index contributed by atoms with van der Waals surface area (Å²) in [5.41, 5.74) is 3.68. The van der Waals surface area contributed by atoms with Crippen molar-refractivity contribution >= 4 is 0 Å². The predicted molar refractivity (Wildman–Crippen MR) is 78.9 cm³/mol. The maximum Gasteiger partial charge on any atom is 0.125 e. The Balaban J connectivity index is 0.000000637. The number of nitrogens with zero attached hydrogens (tertiary/aromatic N) is 2. The second-order valence-corrected chi connectivity index (χ2v) is 5.18. The summed E-state index contributed by atoms with van der Waals surface area (Å²) in [6.07, 6.45) is 4.85. The minimum absolute atomic E-state index is 0.717. The summed E-state index contributed by atoms with van der Waals surface area (Å²) in [6.45, 7) is 8.60. The van der Waals surface area contributed by atoms with Crippen molar-refractivity contribution in [1.82, 2.24) is 9.88 Å². The zero-order valence-corrected chi connectivity index (χ0v) is 12.7. The second-order valence-electron chi connectivity index (χ2n) is 5.18. The average Bonchev–Trinajstić information content (AvgIpc) is 2.38. The summed E-state index contributed by atoms with van der Waals surface area (Å²) < 4.78 is 5.51. The van der Waals surface area contributed by atoms with Gasteiger partial charge < -0.3 is 4.74 Å². The number of hydrogen-bond acceptors (Lipinski definition) is 3. The van der Waals surface area contributed by atoms with Gasteiger partial charge in [0.15, 0.2) is 0 Å². The number of ether oxygens (including phenoxy) is 1. The van der Waals surface area contributed by atoms with E-state index >= 15 is 0 Å². The van der Waals surface area contributed by atoms with Crippen molar-refractivity contribution in [1.29, 1.82) is 0 Å². The fraction of sp³-hybridized carbons (Fsp3) is 0.688. The van der Waals surface area contributed by atoms with E-state index in [1.165, 1.54) is 37.2 Å². The molecule has 106 valence electrons. The van der Waals surface area contributed by atoms with Crippen molar-refractivity contribution in [2.45, 2.75) is 52.5 Å². The van der Waals surface area contributed by atoms with E-state index < -0.39 is 0 Å². The van der Waals surface area contributed by atoms with Gasteiger partial charge in [0.25, 0.3) is 0 Å². The number of fused-ring (bicyclic) bond motifs is 1. The van der Waals surface area contributed by atoms with Crippen molar-refractivity contribution in [3.8, 4) is 5.75 Å². The van der Waals surface area contributed by atoms with Crippen LogP contribution in [-0.4, -0.2) is 36.1 Å². The van der Waals surface area contributed by atoms with Crippen molar-refractivity contribution in [2.75, 3.05) is 20.2 Å². The lowest BCUT2D eigenvalue weighted by Crippen LogP contribution is -2.47. The monoisotopic (exact) mass is 262 g/mol. The molecule has 1 aromatic rings. The van der Waals surface area contributed by atoms with Crippen LogP contribution in [0.5, 0.6) is 5.75 Å². The van der Waals surface area contributed by atoms with Crippen LogP contribution in [0, 0.1) is 6.92 Å². The highest BCUT2D eigenvalue weighted by Gasteiger charge is 2.29. The molecule has 3 rings (SSSR count). The van der Waals surface area contributed by atoms with E-state index in [1.54, 1.807) is 7.11 Å². The van der Waals surface area contributed by atoms with Crippen molar-refractivity contribution < 1.29 is 4.74 Å². The Kier molecular flexibility index (Phi) is 4.81. The summed E-state index contributed by atoms with van der Waals surface area (Å²) in [5.74, 6) is 1.04. The standard InChI is InChI=1S/C14H20N2O.C2H6/c1-10-8-14(17-2)12-9-11(16-6-3-7-16)4-5-13(12)15-10;1-2/h8,11H,3-7,9H2,1-2H3;1-2H3. The molecular formula is C16H26N2O. The van der Waals surface area contributed by atoms with Crippen LogP contribution >= 0.6 is 0 Å². The first-order valence-electron chi connectivity index (χ1n) is 7.55. The smallest absolute Gasteiger partial charge is 0.125 e. The molecule has 1 unspecified atom stereocenters. The predicted octanol–water partition coefficient (Wildman–Crippen LogP) is 2.99. The van der Waals surface area contributed by atoms with E-state index in [0.717, 1.165) is 30.3 Å². The molecule has 3 nitrogen and oxygen atoms in total. The second kappa shape index (κ2) is 6.38. The van der Waals surface area contributed by atoms with E-state index in [0.29, 0.717) is 0 Å². The minimum atomic E-state index is 0.717. The van der Waals surface area contributed by atoms with Crippen LogP contribution in [0.4, 0.5) is 0 Å². The molecule has 1 atom stereocenters. The van der Waals surface area contributed by atoms with Crippen LogP contribution in [0.1, 0.15) is 43.6 Å². The van der Waals surface area contributed by atoms with Gasteiger partial charge in [-0.2, -0.15) is 0 Å². The Hall–Kier alpha value is -1.09. The Labute approximate surface area is 117 Å². The zero-order chi connectivity index (χ0) is 13.8. The van der Waals surface area contributed by atoms with Gasteiger partial charge >= 0.3 is 0 Å². The van der Waals surface area contributed by atoms with E-state index in [1.807, 2.05) is 20.8 Å². The van der Waals surface area contributed by atoms with Crippen molar-refractivity contribution in [2.24, 2.45) is 0 Å². The average molecular weight is 262 g/mol. The molecular weight excluding hydrogens is 236 g/mol. The normalized spacial score (nSPS) is 21.8. The van der Waals surface area contributed by atoms with Crippen LogP contribution in [0.15, 0.2) is 6.07 Å². The molecule has 0 spiro atoms. The molecule has 1 saturated heterocycles. The number of aryl methyl sites for hydroxylation is 2. The van der Waals surface area contributed by atoms with E-state index in [9.17, 15) is 0 Å². The molecule has 1 aliphatic heterocycles. The van der Waals surface area contributed by atoms with Crippen LogP contribution < -0.4 is 4.74 Å². The molecule has 2 heterocycles. The maximum atomic E-state index is 5.51. The minimum Gasteiger partial charge on any atom is -0.496 e. The van der Waals surface area contributed by atoms with E-state index in [-0.39, 0.29) is 0 Å². The third-order valence-corrected chi connectivity index (χ3v) is 4.08. The number of rotatable bonds is 2. The third-order valence-electron chi connectivity index (χ3n) is 4.08. The van der Waals surface area contributed by atoms with Crippen LogP contribution in [-0.2, 0) is 12.8 Å². The highest BCUT2D eigenvalue weighted by atomic mass is 16.5. The van der Waals surface area contributed by atoms with Crippen LogP contribution in [0.2, 0.25) is 0 Å². The van der Waals surface area contributed by atoms with Gasteiger partial charge in [-0.1, -0.05) is 13.8 Å². The lowest BCUT2D eigenvalue weighted by atomic mass is 9.88. The lowest BCUT2D eigenvalue weighted by molar-refractivity contribution is 0.106. The van der Waals surface area contributed by atoms with E-state index in [4.69, 9.17) is 4.74 Å². The Morgan fingerprint density at radius 1 is 1.32 bits per heavy atom. The molecule has 3 heteroatoms.